The van der Waals surface area contributed by atoms with Crippen LogP contribution in [-0.4, -0.2) is 44.5 Å². The van der Waals surface area contributed by atoms with Crippen molar-refractivity contribution in [3.8, 4) is 5.75 Å². The van der Waals surface area contributed by atoms with Gasteiger partial charge in [-0.3, -0.25) is 0 Å². The van der Waals surface area contributed by atoms with E-state index in [1.54, 1.807) is 0 Å². The highest BCUT2D eigenvalue weighted by molar-refractivity contribution is 7.39. The molecule has 0 fully saturated rings. The monoisotopic (exact) mass is 809 g/mol. The third kappa shape index (κ3) is 22.5. The summed E-state index contributed by atoms with van der Waals surface area (Å²) in [5.74, 6) is 0.680. The van der Waals surface area contributed by atoms with Crippen molar-refractivity contribution in [3.05, 3.63) is 65.2 Å². The summed E-state index contributed by atoms with van der Waals surface area (Å²) in [5.41, 5.74) is 1.59. The predicted molar refractivity (Wildman–Crippen MR) is 230 cm³/mol. The minimum atomic E-state index is -2.75. The van der Waals surface area contributed by atoms with Crippen LogP contribution in [0.5, 0.6) is 5.75 Å². The van der Waals surface area contributed by atoms with Crippen LogP contribution < -0.4 is 4.74 Å². The molecule has 0 spiro atoms. The molecule has 2 rings (SSSR count). The van der Waals surface area contributed by atoms with Crippen molar-refractivity contribution in [2.75, 3.05) is 19.8 Å². The van der Waals surface area contributed by atoms with Gasteiger partial charge < -0.3 is 38.5 Å². The van der Waals surface area contributed by atoms with E-state index in [0.717, 1.165) is 55.2 Å². The zero-order chi connectivity index (χ0) is 39.8. The van der Waals surface area contributed by atoms with Gasteiger partial charge in [0.15, 0.2) is 0 Å². The number of aryl methyl sites for hydroxylation is 2. The van der Waals surface area contributed by atoms with E-state index in [2.05, 4.69) is 26.0 Å². The number of hydrogen-bond donors (Lipinski definition) is 5. The molecule has 0 aliphatic heterocycles. The molecular formula is C45H78O8P2. The van der Waals surface area contributed by atoms with Gasteiger partial charge in [-0.05, 0) is 48.4 Å². The third-order valence-corrected chi connectivity index (χ3v) is 11.7. The minimum Gasteiger partial charge on any atom is -0.485 e. The van der Waals surface area contributed by atoms with Crippen LogP contribution in [0.2, 0.25) is 0 Å². The number of unbranched alkanes of at least 4 members (excludes halogenated alkanes) is 22. The van der Waals surface area contributed by atoms with Crippen LogP contribution in [0.15, 0.2) is 48.5 Å². The zero-order valence-corrected chi connectivity index (χ0v) is 36.3. The van der Waals surface area contributed by atoms with Gasteiger partial charge in [-0.15, -0.1) is 0 Å². The molecule has 2 aromatic carbocycles. The summed E-state index contributed by atoms with van der Waals surface area (Å²) in [7, 11) is -5.50. The molecule has 0 amide bonds. The number of aliphatic hydroxyl groups is 1. The molecule has 0 heterocycles. The van der Waals surface area contributed by atoms with Gasteiger partial charge in [0.25, 0.3) is 0 Å². The maximum atomic E-state index is 11.0. The van der Waals surface area contributed by atoms with Gasteiger partial charge in [0.1, 0.15) is 11.9 Å². The molecule has 8 nitrogen and oxygen atoms in total. The van der Waals surface area contributed by atoms with E-state index in [0.29, 0.717) is 5.75 Å². The first-order chi connectivity index (χ1) is 26.9. The normalized spacial score (nSPS) is 12.6. The molecule has 0 saturated heterocycles. The molecule has 1 unspecified atom stereocenters. The fourth-order valence-electron chi connectivity index (χ4n) is 7.54. The lowest BCUT2D eigenvalue weighted by Crippen LogP contribution is -2.44. The number of ether oxygens (including phenoxy) is 1. The van der Waals surface area contributed by atoms with Crippen LogP contribution in [-0.2, 0) is 21.9 Å². The average Bonchev–Trinajstić information content (AvgIpc) is 3.19. The van der Waals surface area contributed by atoms with Crippen LogP contribution in [0.1, 0.15) is 191 Å². The fraction of sp³-hybridized carbons (Fsp3) is 0.733. The van der Waals surface area contributed by atoms with Crippen LogP contribution >= 0.6 is 17.2 Å². The Morgan fingerprint density at radius 3 is 1.27 bits per heavy atom. The Balaban J connectivity index is 2.13. The Kier molecular flexibility index (Phi) is 29.7. The van der Waals surface area contributed by atoms with E-state index in [9.17, 15) is 24.7 Å². The molecule has 5 N–H and O–H groups in total. The second kappa shape index (κ2) is 32.7. The van der Waals surface area contributed by atoms with Crippen molar-refractivity contribution in [3.63, 3.8) is 0 Å². The molecule has 0 radical (unpaired) electrons. The largest absolute Gasteiger partial charge is 0.485 e. The van der Waals surface area contributed by atoms with Crippen molar-refractivity contribution >= 4 is 17.2 Å². The quantitative estimate of drug-likeness (QED) is 0.0337. The molecule has 0 aliphatic carbocycles. The maximum Gasteiger partial charge on any atom is 0.327 e. The molecule has 0 aromatic heterocycles. The molecule has 316 valence electrons. The van der Waals surface area contributed by atoms with E-state index in [1.807, 2.05) is 36.4 Å². The number of para-hydroxylation sites is 1. The second-order valence-electron chi connectivity index (χ2n) is 15.7. The molecule has 10 heteroatoms. The fourth-order valence-corrected chi connectivity index (χ4v) is 8.29. The van der Waals surface area contributed by atoms with Crippen molar-refractivity contribution in [1.82, 2.24) is 0 Å². The first-order valence-electron chi connectivity index (χ1n) is 21.9. The highest BCUT2D eigenvalue weighted by Crippen LogP contribution is 2.45. The van der Waals surface area contributed by atoms with Crippen LogP contribution in [0.25, 0.3) is 0 Å². The van der Waals surface area contributed by atoms with Gasteiger partial charge in [0.2, 0.25) is 0 Å². The highest BCUT2D eigenvalue weighted by Gasteiger charge is 2.45. The molecule has 1 atom stereocenters. The minimum absolute atomic E-state index is 0.329. The smallest absolute Gasteiger partial charge is 0.327 e. The summed E-state index contributed by atoms with van der Waals surface area (Å²) in [6.45, 7) is 3.35. The number of hydrogen-bond acceptors (Lipinski definition) is 8. The lowest BCUT2D eigenvalue weighted by atomic mass is 9.78. The van der Waals surface area contributed by atoms with Crippen LogP contribution in [0.4, 0.5) is 0 Å². The van der Waals surface area contributed by atoms with E-state index in [4.69, 9.17) is 13.8 Å². The van der Waals surface area contributed by atoms with Gasteiger partial charge >= 0.3 is 17.2 Å². The van der Waals surface area contributed by atoms with Gasteiger partial charge in [-0.2, -0.15) is 0 Å². The van der Waals surface area contributed by atoms with Crippen LogP contribution in [0, 0.1) is 5.41 Å². The van der Waals surface area contributed by atoms with Gasteiger partial charge in [-0.1, -0.05) is 198 Å². The zero-order valence-electron chi connectivity index (χ0n) is 34.6. The number of rotatable bonds is 37. The second-order valence-corrected chi connectivity index (χ2v) is 17.2. The summed E-state index contributed by atoms with van der Waals surface area (Å²) in [6.07, 6.45) is 31.4. The van der Waals surface area contributed by atoms with Gasteiger partial charge in [0.05, 0.1) is 25.2 Å². The summed E-state index contributed by atoms with van der Waals surface area (Å²) in [4.78, 5) is 39.2. The lowest BCUT2D eigenvalue weighted by Gasteiger charge is -2.40. The van der Waals surface area contributed by atoms with E-state index >= 15 is 0 Å². The topological polar surface area (TPSA) is 129 Å². The molecule has 55 heavy (non-hydrogen) atoms. The third-order valence-electron chi connectivity index (χ3n) is 11.0. The van der Waals surface area contributed by atoms with Crippen molar-refractivity contribution in [2.45, 2.75) is 187 Å². The van der Waals surface area contributed by atoms with Crippen molar-refractivity contribution < 1.29 is 38.5 Å². The first kappa shape index (κ1) is 50.0. The van der Waals surface area contributed by atoms with Gasteiger partial charge in [-0.25, -0.2) is 0 Å². The SMILES string of the molecule is CCCCCCCCCCCCCCc1ccccc1OC(c1ccccc1CCCCCCCCCCCCCC)C(CO)(COP(O)O)COP(O)O. The molecule has 0 bridgehead atoms. The Morgan fingerprint density at radius 1 is 0.491 bits per heavy atom. The maximum absolute atomic E-state index is 11.0. The first-order valence-corrected chi connectivity index (χ1v) is 24.2. The van der Waals surface area contributed by atoms with Crippen LogP contribution in [0.3, 0.4) is 0 Å². The van der Waals surface area contributed by atoms with Crippen molar-refractivity contribution in [2.24, 2.45) is 5.41 Å². The summed E-state index contributed by atoms with van der Waals surface area (Å²) in [5, 5.41) is 11.0. The Morgan fingerprint density at radius 2 is 0.855 bits per heavy atom. The Bertz CT molecular complexity index is 1170. The number of aliphatic hydroxyl groups excluding tert-OH is 1. The van der Waals surface area contributed by atoms with E-state index in [-0.39, 0.29) is 13.2 Å². The highest BCUT2D eigenvalue weighted by atomic mass is 31.2. The Labute approximate surface area is 337 Å². The van der Waals surface area contributed by atoms with E-state index in [1.165, 1.54) is 128 Å². The molecule has 2 aromatic rings. The van der Waals surface area contributed by atoms with Gasteiger partial charge in [0, 0.05) is 0 Å². The molecular weight excluding hydrogens is 730 g/mol. The average molecular weight is 809 g/mol. The predicted octanol–water partition coefficient (Wildman–Crippen LogP) is 12.7. The molecule has 0 aliphatic rings. The Hall–Kier alpha value is -1.18. The lowest BCUT2D eigenvalue weighted by molar-refractivity contribution is -0.0659. The van der Waals surface area contributed by atoms with E-state index < -0.39 is 35.3 Å². The molecule has 0 saturated carbocycles. The number of benzene rings is 2. The standard InChI is InChI=1S/C45H78O8P2/c1-3-5-7-9-11-13-15-17-19-21-23-25-31-40-32-27-29-35-42(40)44(45(37-46,38-51-54(47)48)39-52-55(49)50)53-43-36-30-28-34-41(43)33-26-24-22-20-18-16-14-12-10-8-6-4-2/h27-30,32,34-36,44,46-50H,3-26,31,33,37-39H2,1-2H3. The van der Waals surface area contributed by atoms with Crippen molar-refractivity contribution in [1.29, 1.82) is 0 Å². The summed E-state index contributed by atoms with van der Waals surface area (Å²) >= 11 is 0. The summed E-state index contributed by atoms with van der Waals surface area (Å²) < 4.78 is 17.7. The summed E-state index contributed by atoms with van der Waals surface area (Å²) in [6, 6.07) is 16.0.